The molecule has 194 valence electrons. The van der Waals surface area contributed by atoms with Gasteiger partial charge in [-0.3, -0.25) is 0 Å². The molecule has 0 spiro atoms. The first kappa shape index (κ1) is 27.4. The van der Waals surface area contributed by atoms with Crippen LogP contribution in [0.4, 0.5) is 5.69 Å². The van der Waals surface area contributed by atoms with Crippen molar-refractivity contribution in [3.05, 3.63) is 77.4 Å². The maximum atomic E-state index is 13.9. The van der Waals surface area contributed by atoms with Gasteiger partial charge in [-0.2, -0.15) is 4.31 Å². The first-order valence-corrected chi connectivity index (χ1v) is 13.4. The molecule has 0 saturated carbocycles. The monoisotopic (exact) mass is 512 g/mol. The van der Waals surface area contributed by atoms with Crippen LogP contribution in [0.15, 0.2) is 65.6 Å². The molecule has 0 aliphatic heterocycles. The molecular formula is C28H36N2O5S. The van der Waals surface area contributed by atoms with Crippen LogP contribution in [0, 0.1) is 6.92 Å². The van der Waals surface area contributed by atoms with Gasteiger partial charge in [0.2, 0.25) is 15.8 Å². The van der Waals surface area contributed by atoms with Crippen molar-refractivity contribution in [2.75, 3.05) is 39.3 Å². The number of hydrogen-bond donors (Lipinski definition) is 0. The Balaban J connectivity index is 2.04. The van der Waals surface area contributed by atoms with Gasteiger partial charge in [0.05, 0.1) is 26.2 Å². The molecule has 0 heterocycles. The molecule has 0 N–H and O–H groups in total. The van der Waals surface area contributed by atoms with Crippen molar-refractivity contribution >= 4 is 15.7 Å². The summed E-state index contributed by atoms with van der Waals surface area (Å²) >= 11 is 0. The van der Waals surface area contributed by atoms with Gasteiger partial charge >= 0.3 is 0 Å². The molecule has 0 saturated heterocycles. The van der Waals surface area contributed by atoms with Gasteiger partial charge in [-0.05, 0) is 67.8 Å². The number of aryl methyl sites for hydroxylation is 1. The molecule has 0 fully saturated rings. The molecule has 0 unspecified atom stereocenters. The molecule has 7 nitrogen and oxygen atoms in total. The zero-order valence-electron chi connectivity index (χ0n) is 21.9. The second-order valence-electron chi connectivity index (χ2n) is 8.41. The minimum atomic E-state index is -3.81. The summed E-state index contributed by atoms with van der Waals surface area (Å²) in [6, 6.07) is 18.7. The maximum absolute atomic E-state index is 13.9. The van der Waals surface area contributed by atoms with E-state index in [-0.39, 0.29) is 18.0 Å². The predicted molar refractivity (Wildman–Crippen MR) is 144 cm³/mol. The third-order valence-corrected chi connectivity index (χ3v) is 8.17. The normalized spacial score (nSPS) is 11.4. The lowest BCUT2D eigenvalue weighted by Crippen LogP contribution is -2.31. The largest absolute Gasteiger partial charge is 0.493 e. The first-order chi connectivity index (χ1) is 17.3. The Morgan fingerprint density at radius 2 is 1.31 bits per heavy atom. The van der Waals surface area contributed by atoms with Gasteiger partial charge in [0, 0.05) is 31.9 Å². The highest BCUT2D eigenvalue weighted by atomic mass is 32.2. The molecule has 0 radical (unpaired) electrons. The van der Waals surface area contributed by atoms with Gasteiger partial charge in [-0.1, -0.05) is 30.3 Å². The fourth-order valence-corrected chi connectivity index (χ4v) is 5.89. The van der Waals surface area contributed by atoms with Crippen LogP contribution in [0.3, 0.4) is 0 Å². The lowest BCUT2D eigenvalue weighted by atomic mass is 10.1. The number of ether oxygens (including phenoxy) is 3. The van der Waals surface area contributed by atoms with Crippen LogP contribution >= 0.6 is 0 Å². The summed E-state index contributed by atoms with van der Waals surface area (Å²) < 4.78 is 45.7. The van der Waals surface area contributed by atoms with Gasteiger partial charge in [-0.15, -0.1) is 0 Å². The van der Waals surface area contributed by atoms with Crippen molar-refractivity contribution in [3.63, 3.8) is 0 Å². The third kappa shape index (κ3) is 5.94. The van der Waals surface area contributed by atoms with E-state index in [0.717, 1.165) is 29.9 Å². The number of methoxy groups -OCH3 is 3. The van der Waals surface area contributed by atoms with E-state index in [1.165, 1.54) is 11.4 Å². The second-order valence-corrected chi connectivity index (χ2v) is 10.3. The Hall–Kier alpha value is -3.23. The standard InChI is InChI=1S/C28H36N2O5S/c1-7-29(8-2)24-15-13-22(14-16-24)19-30(36(31,32)27-12-10-9-11-21(27)3)20-23-17-25(33-4)28(35-6)26(18-23)34-5/h9-18H,7-8,19-20H2,1-6H3. The summed E-state index contributed by atoms with van der Waals surface area (Å²) in [5, 5.41) is 0. The van der Waals surface area contributed by atoms with Crippen LogP contribution in [-0.4, -0.2) is 47.1 Å². The lowest BCUT2D eigenvalue weighted by Gasteiger charge is -2.25. The molecule has 0 amide bonds. The van der Waals surface area contributed by atoms with Crippen molar-refractivity contribution in [3.8, 4) is 17.2 Å². The summed E-state index contributed by atoms with van der Waals surface area (Å²) in [6.07, 6.45) is 0. The number of benzene rings is 3. The average molecular weight is 513 g/mol. The van der Waals surface area contributed by atoms with Gasteiger partial charge in [0.1, 0.15) is 0 Å². The zero-order chi connectivity index (χ0) is 26.3. The van der Waals surface area contributed by atoms with E-state index in [2.05, 4.69) is 18.7 Å². The topological polar surface area (TPSA) is 68.3 Å². The molecule has 36 heavy (non-hydrogen) atoms. The van der Waals surface area contributed by atoms with Crippen LogP contribution in [-0.2, 0) is 23.1 Å². The highest BCUT2D eigenvalue weighted by molar-refractivity contribution is 7.89. The predicted octanol–water partition coefficient (Wildman–Crippen LogP) is 5.26. The molecule has 0 aromatic heterocycles. The first-order valence-electron chi connectivity index (χ1n) is 12.0. The maximum Gasteiger partial charge on any atom is 0.243 e. The van der Waals surface area contributed by atoms with Gasteiger partial charge in [0.15, 0.2) is 11.5 Å². The molecule has 3 aromatic rings. The Morgan fingerprint density at radius 1 is 0.750 bits per heavy atom. The minimum Gasteiger partial charge on any atom is -0.493 e. The van der Waals surface area contributed by atoms with Crippen LogP contribution in [0.25, 0.3) is 0 Å². The average Bonchev–Trinajstić information content (AvgIpc) is 2.89. The number of hydrogen-bond acceptors (Lipinski definition) is 6. The lowest BCUT2D eigenvalue weighted by molar-refractivity contribution is 0.322. The van der Waals surface area contributed by atoms with E-state index in [4.69, 9.17) is 14.2 Å². The molecule has 0 aliphatic rings. The highest BCUT2D eigenvalue weighted by Gasteiger charge is 2.27. The van der Waals surface area contributed by atoms with E-state index in [0.29, 0.717) is 22.8 Å². The van der Waals surface area contributed by atoms with Crippen molar-refractivity contribution < 1.29 is 22.6 Å². The van der Waals surface area contributed by atoms with Crippen LogP contribution in [0.1, 0.15) is 30.5 Å². The second kappa shape index (κ2) is 12.1. The van der Waals surface area contributed by atoms with Crippen molar-refractivity contribution in [2.45, 2.75) is 38.8 Å². The summed E-state index contributed by atoms with van der Waals surface area (Å²) in [5.41, 5.74) is 3.43. The van der Waals surface area contributed by atoms with Crippen molar-refractivity contribution in [1.82, 2.24) is 4.31 Å². The Labute approximate surface area is 215 Å². The molecule has 0 atom stereocenters. The Morgan fingerprint density at radius 3 is 1.81 bits per heavy atom. The number of anilines is 1. The fraction of sp³-hybridized carbons (Fsp3) is 0.357. The van der Waals surface area contributed by atoms with E-state index < -0.39 is 10.0 Å². The minimum absolute atomic E-state index is 0.130. The van der Waals surface area contributed by atoms with Gasteiger partial charge < -0.3 is 19.1 Å². The molecule has 3 aromatic carbocycles. The summed E-state index contributed by atoms with van der Waals surface area (Å²) in [7, 11) is 0.814. The van der Waals surface area contributed by atoms with Crippen LogP contribution < -0.4 is 19.1 Å². The number of rotatable bonds is 12. The molecular weight excluding hydrogens is 476 g/mol. The third-order valence-electron chi connectivity index (χ3n) is 6.22. The van der Waals surface area contributed by atoms with E-state index in [1.807, 2.05) is 43.3 Å². The van der Waals surface area contributed by atoms with Gasteiger partial charge in [0.25, 0.3) is 0 Å². The van der Waals surface area contributed by atoms with E-state index in [1.54, 1.807) is 38.5 Å². The summed E-state index contributed by atoms with van der Waals surface area (Å²) in [4.78, 5) is 2.54. The fourth-order valence-electron chi connectivity index (χ4n) is 4.25. The van der Waals surface area contributed by atoms with E-state index >= 15 is 0 Å². The smallest absolute Gasteiger partial charge is 0.243 e. The Bertz CT molecular complexity index is 1230. The number of sulfonamides is 1. The van der Waals surface area contributed by atoms with Crippen molar-refractivity contribution in [1.29, 1.82) is 0 Å². The number of nitrogens with zero attached hydrogens (tertiary/aromatic N) is 2. The highest BCUT2D eigenvalue weighted by Crippen LogP contribution is 2.39. The molecule has 0 aliphatic carbocycles. The summed E-state index contributed by atoms with van der Waals surface area (Å²) in [6.45, 7) is 8.20. The molecule has 0 bridgehead atoms. The summed E-state index contributed by atoms with van der Waals surface area (Å²) in [5.74, 6) is 1.41. The van der Waals surface area contributed by atoms with Crippen LogP contribution in [0.5, 0.6) is 17.2 Å². The zero-order valence-corrected chi connectivity index (χ0v) is 22.8. The Kier molecular flexibility index (Phi) is 9.23. The molecule has 3 rings (SSSR count). The quantitative estimate of drug-likeness (QED) is 0.330. The van der Waals surface area contributed by atoms with Crippen molar-refractivity contribution in [2.24, 2.45) is 0 Å². The molecule has 8 heteroatoms. The van der Waals surface area contributed by atoms with E-state index in [9.17, 15) is 8.42 Å². The van der Waals surface area contributed by atoms with Crippen LogP contribution in [0.2, 0.25) is 0 Å². The van der Waals surface area contributed by atoms with Gasteiger partial charge in [-0.25, -0.2) is 8.42 Å². The SMILES string of the molecule is CCN(CC)c1ccc(CN(Cc2cc(OC)c(OC)c(OC)c2)S(=O)(=O)c2ccccc2C)cc1.